The van der Waals surface area contributed by atoms with Crippen molar-refractivity contribution in [1.29, 1.82) is 0 Å². The predicted molar refractivity (Wildman–Crippen MR) is 44.6 cm³/mol. The third kappa shape index (κ3) is 1.01. The van der Waals surface area contributed by atoms with Crippen LogP contribution in [0, 0.1) is 5.41 Å². The molecule has 3 aliphatic carbocycles. The molecule has 0 N–H and O–H groups in total. The molecule has 0 amide bonds. The highest BCUT2D eigenvalue weighted by Gasteiger charge is 2.66. The monoisotopic (exact) mass is 218 g/mol. The van der Waals surface area contributed by atoms with Crippen molar-refractivity contribution in [2.24, 2.45) is 5.41 Å². The number of carbonyl (C=O) groups excluding carboxylic acids is 1. The smallest absolute Gasteiger partial charge is 0.306 e. The Bertz CT molecular complexity index is 192. The van der Waals surface area contributed by atoms with E-state index in [4.69, 9.17) is 0 Å². The molecule has 2 nitrogen and oxygen atoms in total. The van der Waals surface area contributed by atoms with Gasteiger partial charge in [0.15, 0.2) is 0 Å². The van der Waals surface area contributed by atoms with Crippen LogP contribution in [0.1, 0.15) is 25.7 Å². The van der Waals surface area contributed by atoms with E-state index in [1.54, 1.807) is 0 Å². The molecular weight excluding hydrogens is 208 g/mol. The Kier molecular flexibility index (Phi) is 1.38. The summed E-state index contributed by atoms with van der Waals surface area (Å²) in [7, 11) is 1.46. The average Bonchev–Trinajstić information content (AvgIpc) is 1.82. The van der Waals surface area contributed by atoms with Gasteiger partial charge in [-0.15, -0.1) is 0 Å². The first kappa shape index (κ1) is 7.59. The first-order valence-electron chi connectivity index (χ1n) is 3.83. The van der Waals surface area contributed by atoms with Crippen molar-refractivity contribution in [3.05, 3.63) is 0 Å². The van der Waals surface area contributed by atoms with E-state index in [2.05, 4.69) is 20.7 Å². The van der Waals surface area contributed by atoms with Crippen molar-refractivity contribution < 1.29 is 9.53 Å². The number of alkyl halides is 1. The van der Waals surface area contributed by atoms with Gasteiger partial charge >= 0.3 is 5.97 Å². The molecule has 0 spiro atoms. The molecule has 11 heavy (non-hydrogen) atoms. The highest BCUT2D eigenvalue weighted by atomic mass is 79.9. The number of carbonyl (C=O) groups is 1. The molecule has 0 unspecified atom stereocenters. The Hall–Kier alpha value is -0.0500. The number of hydrogen-bond acceptors (Lipinski definition) is 2. The van der Waals surface area contributed by atoms with E-state index in [9.17, 15) is 4.79 Å². The molecule has 0 aromatic heterocycles. The van der Waals surface area contributed by atoms with E-state index in [1.807, 2.05) is 0 Å². The average molecular weight is 219 g/mol. The lowest BCUT2D eigenvalue weighted by atomic mass is 9.43. The van der Waals surface area contributed by atoms with Crippen LogP contribution in [0.5, 0.6) is 0 Å². The van der Waals surface area contributed by atoms with Gasteiger partial charge < -0.3 is 4.74 Å². The fourth-order valence-electron chi connectivity index (χ4n) is 2.43. The molecule has 3 saturated carbocycles. The molecule has 62 valence electrons. The highest BCUT2D eigenvalue weighted by molar-refractivity contribution is 9.10. The van der Waals surface area contributed by atoms with Crippen molar-refractivity contribution >= 4 is 21.9 Å². The van der Waals surface area contributed by atoms with E-state index >= 15 is 0 Å². The summed E-state index contributed by atoms with van der Waals surface area (Å²) in [5, 5.41) is 0. The number of methoxy groups -OCH3 is 1. The maximum absolute atomic E-state index is 10.9. The van der Waals surface area contributed by atoms with Crippen molar-refractivity contribution in [2.75, 3.05) is 7.11 Å². The molecule has 0 radical (unpaired) electrons. The fraction of sp³-hybridized carbons (Fsp3) is 0.875. The van der Waals surface area contributed by atoms with Gasteiger partial charge in [-0.25, -0.2) is 0 Å². The standard InChI is InChI=1S/C8H11BrO2/c1-11-6(10)2-7-3-8(9,4-7)5-7/h2-5H2,1H3. The molecule has 3 heteroatoms. The minimum absolute atomic E-state index is 0.0562. The van der Waals surface area contributed by atoms with Crippen molar-refractivity contribution in [3.63, 3.8) is 0 Å². The number of hydrogen-bond donors (Lipinski definition) is 0. The summed E-state index contributed by atoms with van der Waals surface area (Å²) < 4.78 is 5.04. The zero-order valence-corrected chi connectivity index (χ0v) is 8.11. The summed E-state index contributed by atoms with van der Waals surface area (Å²) in [4.78, 5) is 10.9. The lowest BCUT2D eigenvalue weighted by molar-refractivity contribution is -0.154. The zero-order chi connectivity index (χ0) is 8.11. The third-order valence-electron chi connectivity index (χ3n) is 2.82. The topological polar surface area (TPSA) is 26.3 Å². The summed E-state index contributed by atoms with van der Waals surface area (Å²) in [5.74, 6) is -0.0562. The van der Waals surface area contributed by atoms with Crippen LogP contribution < -0.4 is 0 Å². The van der Waals surface area contributed by atoms with Gasteiger partial charge in [-0.1, -0.05) is 15.9 Å². The lowest BCUT2D eigenvalue weighted by Crippen LogP contribution is -2.63. The number of esters is 1. The molecule has 0 saturated heterocycles. The van der Waals surface area contributed by atoms with Gasteiger partial charge in [0.1, 0.15) is 0 Å². The lowest BCUT2D eigenvalue weighted by Gasteiger charge is -2.67. The second-order valence-electron chi connectivity index (χ2n) is 3.93. The Morgan fingerprint density at radius 3 is 2.45 bits per heavy atom. The second-order valence-corrected chi connectivity index (χ2v) is 5.62. The van der Waals surface area contributed by atoms with E-state index in [-0.39, 0.29) is 5.97 Å². The second kappa shape index (κ2) is 2.00. The van der Waals surface area contributed by atoms with Gasteiger partial charge in [-0.3, -0.25) is 4.79 Å². The Morgan fingerprint density at radius 1 is 1.55 bits per heavy atom. The summed E-state index contributed by atoms with van der Waals surface area (Å²) in [6.45, 7) is 0. The van der Waals surface area contributed by atoms with Gasteiger partial charge in [0, 0.05) is 4.32 Å². The maximum atomic E-state index is 10.9. The Morgan fingerprint density at radius 2 is 2.09 bits per heavy atom. The van der Waals surface area contributed by atoms with Crippen molar-refractivity contribution in [2.45, 2.75) is 30.0 Å². The van der Waals surface area contributed by atoms with Crippen LogP contribution in [-0.4, -0.2) is 17.4 Å². The van der Waals surface area contributed by atoms with Crippen molar-refractivity contribution in [3.8, 4) is 0 Å². The van der Waals surface area contributed by atoms with E-state index < -0.39 is 0 Å². The quantitative estimate of drug-likeness (QED) is 0.523. The molecule has 0 aromatic carbocycles. The summed E-state index contributed by atoms with van der Waals surface area (Å²) >= 11 is 3.63. The van der Waals surface area contributed by atoms with Crippen LogP contribution in [0.2, 0.25) is 0 Å². The van der Waals surface area contributed by atoms with Gasteiger partial charge in [-0.05, 0) is 24.7 Å². The number of halogens is 1. The fourth-order valence-corrected chi connectivity index (χ4v) is 4.21. The normalized spacial score (nSPS) is 45.6. The van der Waals surface area contributed by atoms with Gasteiger partial charge in [0.2, 0.25) is 0 Å². The Balaban J connectivity index is 1.86. The molecule has 0 aromatic rings. The first-order chi connectivity index (χ1) is 5.08. The SMILES string of the molecule is COC(=O)CC12CC(Br)(C1)C2. The summed E-state index contributed by atoms with van der Waals surface area (Å²) in [5.41, 5.74) is 0.330. The molecule has 0 aliphatic heterocycles. The predicted octanol–water partition coefficient (Wildman–Crippen LogP) is 1.87. The molecule has 0 atom stereocenters. The van der Waals surface area contributed by atoms with Crippen LogP contribution >= 0.6 is 15.9 Å². The van der Waals surface area contributed by atoms with Crippen LogP contribution in [-0.2, 0) is 9.53 Å². The molecule has 3 rings (SSSR count). The van der Waals surface area contributed by atoms with Crippen LogP contribution in [0.15, 0.2) is 0 Å². The molecule has 0 heterocycles. The first-order valence-corrected chi connectivity index (χ1v) is 4.63. The van der Waals surface area contributed by atoms with Gasteiger partial charge in [0.05, 0.1) is 13.5 Å². The van der Waals surface area contributed by atoms with E-state index in [0.29, 0.717) is 16.2 Å². The van der Waals surface area contributed by atoms with E-state index in [0.717, 1.165) is 19.3 Å². The zero-order valence-electron chi connectivity index (χ0n) is 6.52. The number of ether oxygens (including phenoxy) is 1. The van der Waals surface area contributed by atoms with E-state index in [1.165, 1.54) is 7.11 Å². The molecule has 3 fully saturated rings. The molecular formula is C8H11BrO2. The molecule has 3 aliphatic rings. The van der Waals surface area contributed by atoms with Gasteiger partial charge in [-0.2, -0.15) is 0 Å². The minimum Gasteiger partial charge on any atom is -0.469 e. The van der Waals surface area contributed by atoms with Crippen LogP contribution in [0.25, 0.3) is 0 Å². The number of rotatable bonds is 2. The van der Waals surface area contributed by atoms with Crippen molar-refractivity contribution in [1.82, 2.24) is 0 Å². The third-order valence-corrected chi connectivity index (χ3v) is 3.66. The van der Waals surface area contributed by atoms with Crippen LogP contribution in [0.4, 0.5) is 0 Å². The highest BCUT2D eigenvalue weighted by Crippen LogP contribution is 2.73. The summed E-state index contributed by atoms with van der Waals surface area (Å²) in [6, 6.07) is 0. The van der Waals surface area contributed by atoms with Gasteiger partial charge in [0.25, 0.3) is 0 Å². The largest absolute Gasteiger partial charge is 0.469 e. The molecule has 2 bridgehead atoms. The summed E-state index contributed by atoms with van der Waals surface area (Å²) in [6.07, 6.45) is 4.11. The minimum atomic E-state index is -0.0562. The Labute approximate surface area is 74.4 Å². The van der Waals surface area contributed by atoms with Crippen LogP contribution in [0.3, 0.4) is 0 Å². The maximum Gasteiger partial charge on any atom is 0.306 e.